The Balaban J connectivity index is 1.96. The smallest absolute Gasteiger partial charge is 0.223 e. The number of nitrogens with zero attached hydrogens (tertiary/aromatic N) is 1. The Morgan fingerprint density at radius 3 is 2.76 bits per heavy atom. The minimum Gasteiger partial charge on any atom is -0.340 e. The fraction of sp³-hybridized carbons (Fsp3) is 0.611. The van der Waals surface area contributed by atoms with Crippen LogP contribution in [0.3, 0.4) is 0 Å². The van der Waals surface area contributed by atoms with E-state index in [1.807, 2.05) is 12.1 Å². The molecule has 0 bridgehead atoms. The number of nitrogens with two attached hydrogens (primary N) is 1. The van der Waals surface area contributed by atoms with E-state index in [0.717, 1.165) is 19.4 Å². The van der Waals surface area contributed by atoms with Crippen molar-refractivity contribution in [3.63, 3.8) is 0 Å². The summed E-state index contributed by atoms with van der Waals surface area (Å²) < 4.78 is 0. The Morgan fingerprint density at radius 2 is 2.10 bits per heavy atom. The second kappa shape index (κ2) is 7.60. The molecule has 1 aromatic carbocycles. The van der Waals surface area contributed by atoms with Crippen LogP contribution in [-0.4, -0.2) is 29.9 Å². The molecule has 0 radical (unpaired) electrons. The van der Waals surface area contributed by atoms with E-state index in [0.29, 0.717) is 24.9 Å². The Kier molecular flexibility index (Phi) is 5.80. The van der Waals surface area contributed by atoms with Crippen molar-refractivity contribution in [2.45, 2.75) is 52.0 Å². The van der Waals surface area contributed by atoms with Gasteiger partial charge in [0.2, 0.25) is 5.91 Å². The molecule has 2 rings (SSSR count). The minimum atomic E-state index is 0.283. The first-order chi connectivity index (χ1) is 10.2. The summed E-state index contributed by atoms with van der Waals surface area (Å²) in [4.78, 5) is 14.7. The first kappa shape index (κ1) is 16.0. The molecule has 1 amide bonds. The van der Waals surface area contributed by atoms with Gasteiger partial charge in [-0.3, -0.25) is 4.79 Å². The summed E-state index contributed by atoms with van der Waals surface area (Å²) in [5, 5.41) is 0. The highest BCUT2D eigenvalue weighted by atomic mass is 16.2. The zero-order valence-electron chi connectivity index (χ0n) is 13.3. The monoisotopic (exact) mass is 288 g/mol. The molecule has 3 heteroatoms. The van der Waals surface area contributed by atoms with Gasteiger partial charge in [0.05, 0.1) is 0 Å². The van der Waals surface area contributed by atoms with Crippen molar-refractivity contribution >= 4 is 5.91 Å². The van der Waals surface area contributed by atoms with Crippen LogP contribution >= 0.6 is 0 Å². The van der Waals surface area contributed by atoms with Crippen molar-refractivity contribution < 1.29 is 4.79 Å². The Bertz CT molecular complexity index is 472. The molecule has 1 fully saturated rings. The van der Waals surface area contributed by atoms with Crippen LogP contribution in [0.25, 0.3) is 0 Å². The SMILES string of the molecule is CCN(C(=O)CCc1ccccc1C)C1CCCC1CN. The predicted molar refractivity (Wildman–Crippen MR) is 87.1 cm³/mol. The first-order valence-corrected chi connectivity index (χ1v) is 8.21. The van der Waals surface area contributed by atoms with Crippen molar-refractivity contribution in [3.05, 3.63) is 35.4 Å². The maximum absolute atomic E-state index is 12.6. The van der Waals surface area contributed by atoms with Crippen LogP contribution in [0.4, 0.5) is 0 Å². The van der Waals surface area contributed by atoms with Crippen LogP contribution < -0.4 is 5.73 Å². The van der Waals surface area contributed by atoms with E-state index in [1.165, 1.54) is 24.0 Å². The molecule has 1 aliphatic carbocycles. The van der Waals surface area contributed by atoms with Gasteiger partial charge in [-0.15, -0.1) is 0 Å². The van der Waals surface area contributed by atoms with Crippen molar-refractivity contribution in [2.24, 2.45) is 11.7 Å². The molecule has 0 aromatic heterocycles. The Hall–Kier alpha value is -1.35. The fourth-order valence-electron chi connectivity index (χ4n) is 3.57. The van der Waals surface area contributed by atoms with E-state index in [-0.39, 0.29) is 5.91 Å². The molecule has 2 atom stereocenters. The third-order valence-electron chi connectivity index (χ3n) is 4.85. The molecule has 21 heavy (non-hydrogen) atoms. The summed E-state index contributed by atoms with van der Waals surface area (Å²) in [6, 6.07) is 8.69. The van der Waals surface area contributed by atoms with Crippen LogP contribution in [0.1, 0.15) is 43.7 Å². The van der Waals surface area contributed by atoms with E-state index in [2.05, 4.69) is 30.9 Å². The molecule has 2 N–H and O–H groups in total. The molecule has 0 heterocycles. The van der Waals surface area contributed by atoms with E-state index in [4.69, 9.17) is 5.73 Å². The highest BCUT2D eigenvalue weighted by Gasteiger charge is 2.32. The molecule has 1 saturated carbocycles. The fourth-order valence-corrected chi connectivity index (χ4v) is 3.57. The lowest BCUT2D eigenvalue weighted by Gasteiger charge is -2.32. The second-order valence-corrected chi connectivity index (χ2v) is 6.10. The standard InChI is InChI=1S/C18H28N2O/c1-3-20(17-10-6-9-16(17)13-19)18(21)12-11-15-8-5-4-7-14(15)2/h4-5,7-8,16-17H,3,6,9-13,19H2,1-2H3. The molecule has 3 nitrogen and oxygen atoms in total. The van der Waals surface area contributed by atoms with E-state index in [9.17, 15) is 4.79 Å². The molecule has 2 unspecified atom stereocenters. The lowest BCUT2D eigenvalue weighted by Crippen LogP contribution is -2.44. The summed E-state index contributed by atoms with van der Waals surface area (Å²) >= 11 is 0. The van der Waals surface area contributed by atoms with Gasteiger partial charge in [-0.05, 0) is 56.7 Å². The van der Waals surface area contributed by atoms with Gasteiger partial charge in [0.25, 0.3) is 0 Å². The zero-order valence-corrected chi connectivity index (χ0v) is 13.3. The van der Waals surface area contributed by atoms with Crippen molar-refractivity contribution in [3.8, 4) is 0 Å². The molecule has 1 aromatic rings. The van der Waals surface area contributed by atoms with Gasteiger partial charge in [-0.2, -0.15) is 0 Å². The molecular formula is C18H28N2O. The topological polar surface area (TPSA) is 46.3 Å². The van der Waals surface area contributed by atoms with Crippen LogP contribution in [0.2, 0.25) is 0 Å². The number of aryl methyl sites for hydroxylation is 2. The predicted octanol–water partition coefficient (Wildman–Crippen LogP) is 2.90. The van der Waals surface area contributed by atoms with Gasteiger partial charge in [-0.25, -0.2) is 0 Å². The number of amides is 1. The lowest BCUT2D eigenvalue weighted by atomic mass is 10.0. The van der Waals surface area contributed by atoms with Crippen LogP contribution in [0, 0.1) is 12.8 Å². The number of benzene rings is 1. The number of rotatable bonds is 6. The van der Waals surface area contributed by atoms with Crippen molar-refractivity contribution in [2.75, 3.05) is 13.1 Å². The van der Waals surface area contributed by atoms with Gasteiger partial charge in [0.1, 0.15) is 0 Å². The van der Waals surface area contributed by atoms with E-state index < -0.39 is 0 Å². The van der Waals surface area contributed by atoms with Crippen molar-refractivity contribution in [1.29, 1.82) is 0 Å². The highest BCUT2D eigenvalue weighted by molar-refractivity contribution is 5.77. The molecule has 0 spiro atoms. The average molecular weight is 288 g/mol. The van der Waals surface area contributed by atoms with Gasteiger partial charge in [0.15, 0.2) is 0 Å². The summed E-state index contributed by atoms with van der Waals surface area (Å²) in [6.45, 7) is 5.69. The highest BCUT2D eigenvalue weighted by Crippen LogP contribution is 2.29. The lowest BCUT2D eigenvalue weighted by molar-refractivity contribution is -0.134. The molecule has 0 saturated heterocycles. The van der Waals surface area contributed by atoms with Gasteiger partial charge in [0, 0.05) is 19.0 Å². The minimum absolute atomic E-state index is 0.283. The number of carbonyl (C=O) groups is 1. The number of hydrogen-bond acceptors (Lipinski definition) is 2. The molecule has 116 valence electrons. The molecule has 0 aliphatic heterocycles. The Morgan fingerprint density at radius 1 is 1.33 bits per heavy atom. The molecule has 1 aliphatic rings. The maximum atomic E-state index is 12.6. The third kappa shape index (κ3) is 3.85. The van der Waals surface area contributed by atoms with Gasteiger partial charge < -0.3 is 10.6 Å². The maximum Gasteiger partial charge on any atom is 0.223 e. The largest absolute Gasteiger partial charge is 0.340 e. The first-order valence-electron chi connectivity index (χ1n) is 8.21. The summed E-state index contributed by atoms with van der Waals surface area (Å²) in [7, 11) is 0. The third-order valence-corrected chi connectivity index (χ3v) is 4.85. The number of hydrogen-bond donors (Lipinski definition) is 1. The van der Waals surface area contributed by atoms with Crippen LogP contribution in [0.5, 0.6) is 0 Å². The number of carbonyl (C=O) groups excluding carboxylic acids is 1. The van der Waals surface area contributed by atoms with Gasteiger partial charge >= 0.3 is 0 Å². The van der Waals surface area contributed by atoms with Crippen LogP contribution in [-0.2, 0) is 11.2 Å². The van der Waals surface area contributed by atoms with E-state index in [1.54, 1.807) is 0 Å². The normalized spacial score (nSPS) is 21.5. The Labute approximate surface area is 128 Å². The van der Waals surface area contributed by atoms with E-state index >= 15 is 0 Å². The zero-order chi connectivity index (χ0) is 15.2. The summed E-state index contributed by atoms with van der Waals surface area (Å²) in [5.41, 5.74) is 8.42. The molecular weight excluding hydrogens is 260 g/mol. The van der Waals surface area contributed by atoms with Crippen molar-refractivity contribution in [1.82, 2.24) is 4.90 Å². The van der Waals surface area contributed by atoms with Crippen LogP contribution in [0.15, 0.2) is 24.3 Å². The second-order valence-electron chi connectivity index (χ2n) is 6.10. The van der Waals surface area contributed by atoms with Gasteiger partial charge in [-0.1, -0.05) is 30.7 Å². The summed E-state index contributed by atoms with van der Waals surface area (Å²) in [6.07, 6.45) is 4.93. The quantitative estimate of drug-likeness (QED) is 0.875. The summed E-state index contributed by atoms with van der Waals surface area (Å²) in [5.74, 6) is 0.776. The average Bonchev–Trinajstić information content (AvgIpc) is 2.95.